The Labute approximate surface area is 201 Å². The van der Waals surface area contributed by atoms with Crippen molar-refractivity contribution in [3.63, 3.8) is 0 Å². The van der Waals surface area contributed by atoms with Crippen molar-refractivity contribution in [1.29, 1.82) is 0 Å². The lowest BCUT2D eigenvalue weighted by Gasteiger charge is -2.43. The molecule has 1 aromatic heterocycles. The van der Waals surface area contributed by atoms with Gasteiger partial charge in [0.05, 0.1) is 6.04 Å². The molecule has 7 heteroatoms. The number of hydrogen-bond donors (Lipinski definition) is 0. The first-order chi connectivity index (χ1) is 16.3. The summed E-state index contributed by atoms with van der Waals surface area (Å²) in [7, 11) is 0. The maximum Gasteiger partial charge on any atom is 0.173 e. The van der Waals surface area contributed by atoms with E-state index in [4.69, 9.17) is 11.6 Å². The summed E-state index contributed by atoms with van der Waals surface area (Å²) >= 11 is 6.22. The predicted octanol–water partition coefficient (Wildman–Crippen LogP) is 4.61. The average molecular weight is 465 g/mol. The second-order valence-electron chi connectivity index (χ2n) is 9.31. The van der Waals surface area contributed by atoms with E-state index < -0.39 is 0 Å². The Balaban J connectivity index is 1.35. The van der Waals surface area contributed by atoms with E-state index in [2.05, 4.69) is 67.8 Å². The molecule has 1 atom stereocenters. The summed E-state index contributed by atoms with van der Waals surface area (Å²) in [5, 5.41) is 13.7. The zero-order valence-corrected chi connectivity index (χ0v) is 19.9. The van der Waals surface area contributed by atoms with Gasteiger partial charge in [-0.3, -0.25) is 9.80 Å². The summed E-state index contributed by atoms with van der Waals surface area (Å²) in [5.41, 5.74) is 2.49. The van der Waals surface area contributed by atoms with E-state index in [-0.39, 0.29) is 6.04 Å². The van der Waals surface area contributed by atoms with Crippen LogP contribution < -0.4 is 0 Å². The molecule has 2 fully saturated rings. The summed E-state index contributed by atoms with van der Waals surface area (Å²) in [6.07, 6.45) is 7.79. The van der Waals surface area contributed by atoms with Crippen LogP contribution in [0.15, 0.2) is 54.6 Å². The van der Waals surface area contributed by atoms with Crippen LogP contribution in [0.25, 0.3) is 0 Å². The summed E-state index contributed by atoms with van der Waals surface area (Å²) in [6, 6.07) is 19.5. The van der Waals surface area contributed by atoms with Crippen LogP contribution in [0.3, 0.4) is 0 Å². The molecular weight excluding hydrogens is 432 g/mol. The lowest BCUT2D eigenvalue weighted by atomic mass is 9.93. The highest BCUT2D eigenvalue weighted by atomic mass is 35.5. The molecule has 0 amide bonds. The van der Waals surface area contributed by atoms with Gasteiger partial charge in [-0.25, -0.2) is 4.68 Å². The van der Waals surface area contributed by atoms with Crippen molar-refractivity contribution in [2.45, 2.75) is 57.2 Å². The molecule has 1 aliphatic carbocycles. The number of aryl methyl sites for hydroxylation is 2. The van der Waals surface area contributed by atoms with Crippen molar-refractivity contribution >= 4 is 11.6 Å². The van der Waals surface area contributed by atoms with E-state index in [1.54, 1.807) is 0 Å². The Kier molecular flexibility index (Phi) is 7.34. The van der Waals surface area contributed by atoms with Crippen molar-refractivity contribution in [3.8, 4) is 0 Å². The first-order valence-corrected chi connectivity index (χ1v) is 12.7. The van der Waals surface area contributed by atoms with Gasteiger partial charge in [0.25, 0.3) is 0 Å². The van der Waals surface area contributed by atoms with Crippen LogP contribution in [0.4, 0.5) is 0 Å². The molecule has 174 valence electrons. The Morgan fingerprint density at radius 3 is 2.33 bits per heavy atom. The van der Waals surface area contributed by atoms with Crippen LogP contribution in [0.5, 0.6) is 0 Å². The fraction of sp³-hybridized carbons (Fsp3) is 0.500. The topological polar surface area (TPSA) is 50.1 Å². The van der Waals surface area contributed by atoms with Gasteiger partial charge in [-0.1, -0.05) is 73.3 Å². The number of nitrogens with zero attached hydrogens (tertiary/aromatic N) is 6. The number of aromatic nitrogens is 4. The molecule has 1 saturated carbocycles. The largest absolute Gasteiger partial charge is 0.298 e. The maximum atomic E-state index is 6.22. The zero-order valence-electron chi connectivity index (χ0n) is 19.2. The molecule has 3 aromatic rings. The minimum atomic E-state index is 0.0292. The highest BCUT2D eigenvalue weighted by Gasteiger charge is 2.32. The van der Waals surface area contributed by atoms with Crippen LogP contribution >= 0.6 is 11.6 Å². The summed E-state index contributed by atoms with van der Waals surface area (Å²) in [6.45, 7) is 5.03. The number of piperazine rings is 1. The standard InChI is InChI=1S/C26H33ClN6/c27-23-13-11-22(12-14-23)25(32-19-17-31(18-20-32)24-9-5-2-6-10-24)26-28-29-30-33(26)16-15-21-7-3-1-4-8-21/h1,3-4,7-8,11-14,24-25H,2,5-6,9-10,15-20H2. The summed E-state index contributed by atoms with van der Waals surface area (Å²) in [5.74, 6) is 0.916. The third-order valence-corrected chi connectivity index (χ3v) is 7.50. The molecule has 6 nitrogen and oxygen atoms in total. The maximum absolute atomic E-state index is 6.22. The molecule has 0 bridgehead atoms. The van der Waals surface area contributed by atoms with Gasteiger partial charge in [-0.15, -0.1) is 5.10 Å². The van der Waals surface area contributed by atoms with E-state index in [0.29, 0.717) is 0 Å². The van der Waals surface area contributed by atoms with Gasteiger partial charge in [0.15, 0.2) is 5.82 Å². The van der Waals surface area contributed by atoms with Gasteiger partial charge in [0, 0.05) is 43.8 Å². The molecule has 2 heterocycles. The molecule has 1 aliphatic heterocycles. The van der Waals surface area contributed by atoms with Crippen molar-refractivity contribution < 1.29 is 0 Å². The van der Waals surface area contributed by atoms with Crippen LogP contribution in [0.1, 0.15) is 55.1 Å². The predicted molar refractivity (Wildman–Crippen MR) is 131 cm³/mol. The third kappa shape index (κ3) is 5.45. The Morgan fingerprint density at radius 2 is 1.61 bits per heavy atom. The quantitative estimate of drug-likeness (QED) is 0.511. The van der Waals surface area contributed by atoms with Gasteiger partial charge < -0.3 is 0 Å². The second-order valence-corrected chi connectivity index (χ2v) is 9.75. The molecule has 2 aromatic carbocycles. The Bertz CT molecular complexity index is 991. The lowest BCUT2D eigenvalue weighted by Crippen LogP contribution is -2.52. The smallest absolute Gasteiger partial charge is 0.173 e. The van der Waals surface area contributed by atoms with Crippen molar-refractivity contribution in [2.75, 3.05) is 26.2 Å². The molecule has 1 unspecified atom stereocenters. The Hall–Kier alpha value is -2.28. The highest BCUT2D eigenvalue weighted by Crippen LogP contribution is 2.31. The minimum absolute atomic E-state index is 0.0292. The monoisotopic (exact) mass is 464 g/mol. The number of benzene rings is 2. The molecular formula is C26H33ClN6. The first-order valence-electron chi connectivity index (χ1n) is 12.3. The molecule has 0 N–H and O–H groups in total. The van der Waals surface area contributed by atoms with E-state index in [0.717, 1.165) is 56.0 Å². The molecule has 0 radical (unpaired) electrons. The SMILES string of the molecule is Clc1ccc(C(c2nnnn2CCc2ccccc2)N2CCN(C3CCCCC3)CC2)cc1. The number of rotatable bonds is 7. The van der Waals surface area contributed by atoms with E-state index in [1.807, 2.05) is 16.8 Å². The van der Waals surface area contributed by atoms with Crippen LogP contribution in [-0.4, -0.2) is 62.2 Å². The Morgan fingerprint density at radius 1 is 0.879 bits per heavy atom. The van der Waals surface area contributed by atoms with Crippen LogP contribution in [0, 0.1) is 0 Å². The minimum Gasteiger partial charge on any atom is -0.298 e. The molecule has 2 aliphatic rings. The van der Waals surface area contributed by atoms with Crippen LogP contribution in [0.2, 0.25) is 5.02 Å². The van der Waals surface area contributed by atoms with Gasteiger partial charge in [0.2, 0.25) is 0 Å². The fourth-order valence-electron chi connectivity index (χ4n) is 5.42. The number of halogens is 1. The average Bonchev–Trinajstić information content (AvgIpc) is 3.34. The number of tetrazole rings is 1. The zero-order chi connectivity index (χ0) is 22.5. The van der Waals surface area contributed by atoms with Crippen molar-refractivity contribution in [1.82, 2.24) is 30.0 Å². The van der Waals surface area contributed by atoms with Gasteiger partial charge in [0.1, 0.15) is 0 Å². The normalized spacial score (nSPS) is 19.5. The van der Waals surface area contributed by atoms with Gasteiger partial charge in [-0.2, -0.15) is 0 Å². The third-order valence-electron chi connectivity index (χ3n) is 7.25. The summed E-state index contributed by atoms with van der Waals surface area (Å²) < 4.78 is 1.99. The second kappa shape index (κ2) is 10.8. The molecule has 1 saturated heterocycles. The van der Waals surface area contributed by atoms with Crippen molar-refractivity contribution in [2.24, 2.45) is 0 Å². The van der Waals surface area contributed by atoms with Crippen LogP contribution in [-0.2, 0) is 13.0 Å². The summed E-state index contributed by atoms with van der Waals surface area (Å²) in [4.78, 5) is 5.26. The highest BCUT2D eigenvalue weighted by molar-refractivity contribution is 6.30. The van der Waals surface area contributed by atoms with Crippen molar-refractivity contribution in [3.05, 3.63) is 76.6 Å². The molecule has 0 spiro atoms. The van der Waals surface area contributed by atoms with Gasteiger partial charge in [-0.05, 0) is 52.9 Å². The fourth-order valence-corrected chi connectivity index (χ4v) is 5.55. The molecule has 33 heavy (non-hydrogen) atoms. The van der Waals surface area contributed by atoms with Gasteiger partial charge >= 0.3 is 0 Å². The number of hydrogen-bond acceptors (Lipinski definition) is 5. The van der Waals surface area contributed by atoms with E-state index in [1.165, 1.54) is 43.2 Å². The van der Waals surface area contributed by atoms with E-state index in [9.17, 15) is 0 Å². The first kappa shape index (κ1) is 22.5. The lowest BCUT2D eigenvalue weighted by molar-refractivity contribution is 0.0619. The van der Waals surface area contributed by atoms with E-state index >= 15 is 0 Å². The molecule has 5 rings (SSSR count).